The van der Waals surface area contributed by atoms with Gasteiger partial charge >= 0.3 is 6.18 Å². The summed E-state index contributed by atoms with van der Waals surface area (Å²) in [6, 6.07) is 0. The lowest BCUT2D eigenvalue weighted by Crippen LogP contribution is -2.36. The van der Waals surface area contributed by atoms with Gasteiger partial charge in [0.1, 0.15) is 0 Å². The van der Waals surface area contributed by atoms with Crippen molar-refractivity contribution in [2.45, 2.75) is 32.4 Å². The third-order valence-corrected chi connectivity index (χ3v) is 2.39. The Balaban J connectivity index is 2.39. The summed E-state index contributed by atoms with van der Waals surface area (Å²) < 4.78 is 36.2. The topological polar surface area (TPSA) is 3.24 Å². The molecule has 0 N–H and O–H groups in total. The van der Waals surface area contributed by atoms with E-state index >= 15 is 0 Å². The Kier molecular flexibility index (Phi) is 3.59. The molecule has 1 aliphatic rings. The van der Waals surface area contributed by atoms with Crippen LogP contribution in [0.2, 0.25) is 0 Å². The van der Waals surface area contributed by atoms with E-state index in [0.717, 1.165) is 19.3 Å². The van der Waals surface area contributed by atoms with Gasteiger partial charge < -0.3 is 0 Å². The minimum Gasteiger partial charge on any atom is -0.295 e. The number of likely N-dealkylation sites (tertiary alicyclic amines) is 1. The highest BCUT2D eigenvalue weighted by Crippen LogP contribution is 2.21. The van der Waals surface area contributed by atoms with Crippen molar-refractivity contribution in [3.8, 4) is 0 Å². The molecule has 4 heteroatoms. The molecule has 0 amide bonds. The molecule has 1 unspecified atom stereocenters. The monoisotopic (exact) mass is 195 g/mol. The summed E-state index contributed by atoms with van der Waals surface area (Å²) in [7, 11) is 0. The number of rotatable bonds is 1. The summed E-state index contributed by atoms with van der Waals surface area (Å²) in [6.07, 6.45) is -1.01. The lowest BCUT2D eigenvalue weighted by atomic mass is 10.1. The molecule has 0 saturated carbocycles. The van der Waals surface area contributed by atoms with Gasteiger partial charge in [-0.15, -0.1) is 0 Å². The molecule has 78 valence electrons. The number of nitrogens with zero attached hydrogens (tertiary/aromatic N) is 1. The van der Waals surface area contributed by atoms with Gasteiger partial charge in [-0.25, -0.2) is 0 Å². The Labute approximate surface area is 76.9 Å². The molecule has 0 bridgehead atoms. The van der Waals surface area contributed by atoms with Crippen LogP contribution in [0.25, 0.3) is 0 Å². The Hall–Kier alpha value is -0.250. The summed E-state index contributed by atoms with van der Waals surface area (Å²) in [6.45, 7) is 2.48. The molecule has 1 fully saturated rings. The lowest BCUT2D eigenvalue weighted by molar-refractivity contribution is -0.146. The van der Waals surface area contributed by atoms with E-state index in [1.165, 1.54) is 4.90 Å². The first-order chi connectivity index (χ1) is 5.97. The second-order valence-corrected chi connectivity index (χ2v) is 3.95. The van der Waals surface area contributed by atoms with Crippen molar-refractivity contribution in [3.05, 3.63) is 0 Å². The lowest BCUT2D eigenvalue weighted by Gasteiger charge is -2.23. The quantitative estimate of drug-likeness (QED) is 0.621. The molecule has 0 aromatic rings. The zero-order chi connectivity index (χ0) is 9.90. The third kappa shape index (κ3) is 4.50. The van der Waals surface area contributed by atoms with Crippen LogP contribution >= 0.6 is 0 Å². The maximum atomic E-state index is 12.1. The van der Waals surface area contributed by atoms with Gasteiger partial charge in [-0.1, -0.05) is 13.3 Å². The zero-order valence-corrected chi connectivity index (χ0v) is 7.90. The van der Waals surface area contributed by atoms with Gasteiger partial charge in [-0.05, 0) is 25.3 Å². The van der Waals surface area contributed by atoms with E-state index in [4.69, 9.17) is 0 Å². The second kappa shape index (κ2) is 4.31. The molecule has 13 heavy (non-hydrogen) atoms. The van der Waals surface area contributed by atoms with Gasteiger partial charge in [0.25, 0.3) is 0 Å². The summed E-state index contributed by atoms with van der Waals surface area (Å²) in [5.41, 5.74) is 0. The molecule has 1 aliphatic heterocycles. The minimum atomic E-state index is -4.04. The van der Waals surface area contributed by atoms with Gasteiger partial charge in [-0.3, -0.25) is 4.90 Å². The molecule has 1 rings (SSSR count). The smallest absolute Gasteiger partial charge is 0.295 e. The number of hydrogen-bond donors (Lipinski definition) is 0. The van der Waals surface area contributed by atoms with Crippen molar-refractivity contribution in [1.82, 2.24) is 4.90 Å². The molecular formula is C9H16F3N. The van der Waals surface area contributed by atoms with Crippen molar-refractivity contribution in [3.63, 3.8) is 0 Å². The predicted molar refractivity (Wildman–Crippen MR) is 45.5 cm³/mol. The van der Waals surface area contributed by atoms with Gasteiger partial charge in [0.15, 0.2) is 0 Å². The van der Waals surface area contributed by atoms with Crippen molar-refractivity contribution in [1.29, 1.82) is 0 Å². The fourth-order valence-electron chi connectivity index (χ4n) is 1.85. The van der Waals surface area contributed by atoms with E-state index in [1.807, 2.05) is 6.92 Å². The van der Waals surface area contributed by atoms with Crippen LogP contribution in [-0.2, 0) is 0 Å². The van der Waals surface area contributed by atoms with E-state index in [1.54, 1.807) is 0 Å². The van der Waals surface area contributed by atoms with Crippen LogP contribution in [0.5, 0.6) is 0 Å². The molecule has 1 nitrogen and oxygen atoms in total. The summed E-state index contributed by atoms with van der Waals surface area (Å²) in [5, 5.41) is 0. The fraction of sp³-hybridized carbons (Fsp3) is 1.00. The molecule has 0 aromatic heterocycles. The first kappa shape index (κ1) is 10.8. The molecule has 1 saturated heterocycles. The summed E-state index contributed by atoms with van der Waals surface area (Å²) >= 11 is 0. The van der Waals surface area contributed by atoms with E-state index < -0.39 is 12.7 Å². The van der Waals surface area contributed by atoms with Crippen LogP contribution in [0.3, 0.4) is 0 Å². The van der Waals surface area contributed by atoms with Crippen LogP contribution < -0.4 is 0 Å². The average molecular weight is 195 g/mol. The maximum absolute atomic E-state index is 12.1. The predicted octanol–water partition coefficient (Wildman–Crippen LogP) is 2.67. The standard InChI is InChI=1S/C9H16F3N/c1-8-4-2-3-5-13(6-8)7-9(10,11)12/h8H,2-7H2,1H3. The van der Waals surface area contributed by atoms with E-state index in [-0.39, 0.29) is 0 Å². The van der Waals surface area contributed by atoms with Crippen molar-refractivity contribution in [2.75, 3.05) is 19.6 Å². The Morgan fingerprint density at radius 1 is 1.31 bits per heavy atom. The van der Waals surface area contributed by atoms with E-state index in [2.05, 4.69) is 0 Å². The number of hydrogen-bond acceptors (Lipinski definition) is 1. The zero-order valence-electron chi connectivity index (χ0n) is 7.90. The van der Waals surface area contributed by atoms with E-state index in [0.29, 0.717) is 19.0 Å². The van der Waals surface area contributed by atoms with E-state index in [9.17, 15) is 13.2 Å². The number of halogens is 3. The first-order valence-corrected chi connectivity index (χ1v) is 4.76. The highest BCUT2D eigenvalue weighted by molar-refractivity contribution is 4.70. The van der Waals surface area contributed by atoms with Crippen LogP contribution in [0, 0.1) is 5.92 Å². The SMILES string of the molecule is CC1CCCCN(CC(F)(F)F)C1. The highest BCUT2D eigenvalue weighted by atomic mass is 19.4. The molecule has 1 heterocycles. The molecular weight excluding hydrogens is 179 g/mol. The van der Waals surface area contributed by atoms with Crippen LogP contribution in [0.4, 0.5) is 13.2 Å². The Morgan fingerprint density at radius 2 is 2.00 bits per heavy atom. The van der Waals surface area contributed by atoms with Crippen LogP contribution in [0.15, 0.2) is 0 Å². The molecule has 0 aromatic carbocycles. The highest BCUT2D eigenvalue weighted by Gasteiger charge is 2.31. The normalized spacial score (nSPS) is 27.2. The minimum absolute atomic E-state index is 0.407. The number of alkyl halides is 3. The average Bonchev–Trinajstić information content (AvgIpc) is 2.10. The molecule has 0 radical (unpaired) electrons. The summed E-state index contributed by atoms with van der Waals surface area (Å²) in [4.78, 5) is 1.53. The second-order valence-electron chi connectivity index (χ2n) is 3.95. The maximum Gasteiger partial charge on any atom is 0.401 e. The fourth-order valence-corrected chi connectivity index (χ4v) is 1.85. The Morgan fingerprint density at radius 3 is 2.62 bits per heavy atom. The Bertz CT molecular complexity index is 155. The van der Waals surface area contributed by atoms with Crippen molar-refractivity contribution in [2.24, 2.45) is 5.92 Å². The molecule has 1 atom stereocenters. The largest absolute Gasteiger partial charge is 0.401 e. The van der Waals surface area contributed by atoms with Crippen molar-refractivity contribution < 1.29 is 13.2 Å². The van der Waals surface area contributed by atoms with Crippen LogP contribution in [0.1, 0.15) is 26.2 Å². The third-order valence-electron chi connectivity index (χ3n) is 2.39. The van der Waals surface area contributed by atoms with Gasteiger partial charge in [-0.2, -0.15) is 13.2 Å². The van der Waals surface area contributed by atoms with Crippen molar-refractivity contribution >= 4 is 0 Å². The van der Waals surface area contributed by atoms with Gasteiger partial charge in [0, 0.05) is 6.54 Å². The summed E-state index contributed by atoms with van der Waals surface area (Å²) in [5.74, 6) is 0.407. The van der Waals surface area contributed by atoms with Crippen LogP contribution in [-0.4, -0.2) is 30.7 Å². The van der Waals surface area contributed by atoms with Gasteiger partial charge in [0.05, 0.1) is 6.54 Å². The first-order valence-electron chi connectivity index (χ1n) is 4.76. The molecule has 0 spiro atoms. The van der Waals surface area contributed by atoms with Gasteiger partial charge in [0.2, 0.25) is 0 Å². The molecule has 0 aliphatic carbocycles.